The average molecular weight is 325 g/mol. The number of hydrogen-bond acceptors (Lipinski definition) is 6. The van der Waals surface area contributed by atoms with Gasteiger partial charge >= 0.3 is 5.97 Å². The molecule has 0 saturated heterocycles. The number of methoxy groups -OCH3 is 1. The Morgan fingerprint density at radius 3 is 2.73 bits per heavy atom. The van der Waals surface area contributed by atoms with Gasteiger partial charge in [-0.25, -0.2) is 0 Å². The first-order valence-corrected chi connectivity index (χ1v) is 7.93. The van der Waals surface area contributed by atoms with Crippen molar-refractivity contribution in [3.8, 4) is 11.5 Å². The smallest absolute Gasteiger partial charge is 0.303 e. The van der Waals surface area contributed by atoms with Crippen LogP contribution in [0, 0.1) is 5.92 Å². The molecule has 1 aromatic carbocycles. The van der Waals surface area contributed by atoms with E-state index >= 15 is 0 Å². The molecule has 0 fully saturated rings. The summed E-state index contributed by atoms with van der Waals surface area (Å²) in [5.74, 6) is 0.370. The Balaban J connectivity index is 2.04. The van der Waals surface area contributed by atoms with Crippen LogP contribution in [0.3, 0.4) is 0 Å². The predicted octanol–water partition coefficient (Wildman–Crippen LogP) is 1.67. The Morgan fingerprint density at radius 1 is 1.41 bits per heavy atom. The molecule has 2 rings (SSSR count). The van der Waals surface area contributed by atoms with Gasteiger partial charge in [0.1, 0.15) is 6.10 Å². The molecule has 0 saturated carbocycles. The van der Waals surface area contributed by atoms with E-state index in [9.17, 15) is 9.90 Å². The molecule has 1 heterocycles. The molecule has 22 heavy (non-hydrogen) atoms. The number of aliphatic hydroxyl groups is 1. The van der Waals surface area contributed by atoms with E-state index in [1.54, 1.807) is 18.2 Å². The summed E-state index contributed by atoms with van der Waals surface area (Å²) in [5, 5.41) is 20.0. The number of para-hydroxylation sites is 2. The zero-order valence-corrected chi connectivity index (χ0v) is 13.1. The number of carboxylic acids is 1. The van der Waals surface area contributed by atoms with Crippen LogP contribution >= 0.6 is 11.8 Å². The normalized spacial score (nSPS) is 16.7. The summed E-state index contributed by atoms with van der Waals surface area (Å²) >= 11 is 1.46. The minimum Gasteiger partial charge on any atom is -0.493 e. The van der Waals surface area contributed by atoms with Crippen molar-refractivity contribution in [3.05, 3.63) is 24.3 Å². The van der Waals surface area contributed by atoms with E-state index in [2.05, 4.69) is 4.99 Å². The van der Waals surface area contributed by atoms with E-state index in [0.717, 1.165) is 5.75 Å². The van der Waals surface area contributed by atoms with E-state index in [-0.39, 0.29) is 13.0 Å². The van der Waals surface area contributed by atoms with Gasteiger partial charge in [0, 0.05) is 18.2 Å². The SMILES string of the molecule is COc1ccccc1OCC(CC(=O)O)C(O)C1=NCCS1. The molecule has 120 valence electrons. The van der Waals surface area contributed by atoms with Gasteiger partial charge in [-0.15, -0.1) is 11.8 Å². The van der Waals surface area contributed by atoms with Gasteiger partial charge in [-0.1, -0.05) is 12.1 Å². The maximum Gasteiger partial charge on any atom is 0.303 e. The van der Waals surface area contributed by atoms with E-state index in [4.69, 9.17) is 14.6 Å². The van der Waals surface area contributed by atoms with E-state index in [1.807, 2.05) is 6.07 Å². The number of aliphatic hydroxyl groups excluding tert-OH is 1. The third-order valence-electron chi connectivity index (χ3n) is 3.27. The van der Waals surface area contributed by atoms with Crippen molar-refractivity contribution in [3.63, 3.8) is 0 Å². The number of carboxylic acid groups (broad SMARTS) is 1. The number of aliphatic carboxylic acids is 1. The summed E-state index contributed by atoms with van der Waals surface area (Å²) in [5.41, 5.74) is 0. The van der Waals surface area contributed by atoms with Crippen molar-refractivity contribution in [2.24, 2.45) is 10.9 Å². The molecule has 2 N–H and O–H groups in total. The van der Waals surface area contributed by atoms with Crippen LogP contribution in [-0.2, 0) is 4.79 Å². The first kappa shape index (κ1) is 16.6. The lowest BCUT2D eigenvalue weighted by Gasteiger charge is -2.22. The predicted molar refractivity (Wildman–Crippen MR) is 85.0 cm³/mol. The fourth-order valence-corrected chi connectivity index (χ4v) is 3.09. The molecule has 0 radical (unpaired) electrons. The van der Waals surface area contributed by atoms with Crippen LogP contribution in [0.4, 0.5) is 0 Å². The van der Waals surface area contributed by atoms with Crippen molar-refractivity contribution < 1.29 is 24.5 Å². The summed E-state index contributed by atoms with van der Waals surface area (Å²) in [6, 6.07) is 7.12. The van der Waals surface area contributed by atoms with Gasteiger partial charge in [0.25, 0.3) is 0 Å². The molecule has 2 unspecified atom stereocenters. The Bertz CT molecular complexity index is 548. The van der Waals surface area contributed by atoms with E-state index < -0.39 is 18.0 Å². The third-order valence-corrected chi connectivity index (χ3v) is 4.32. The minimum absolute atomic E-state index is 0.0768. The molecular weight excluding hydrogens is 306 g/mol. The highest BCUT2D eigenvalue weighted by Crippen LogP contribution is 2.28. The number of ether oxygens (including phenoxy) is 2. The van der Waals surface area contributed by atoms with Crippen molar-refractivity contribution in [1.82, 2.24) is 0 Å². The average Bonchev–Trinajstić information content (AvgIpc) is 3.05. The Hall–Kier alpha value is -1.73. The summed E-state index contributed by atoms with van der Waals surface area (Å²) < 4.78 is 10.8. The Morgan fingerprint density at radius 2 is 2.14 bits per heavy atom. The molecule has 0 aliphatic carbocycles. The molecular formula is C15H19NO5S. The number of carbonyl (C=O) groups is 1. The molecule has 7 heteroatoms. The van der Waals surface area contributed by atoms with Gasteiger partial charge in [-0.2, -0.15) is 0 Å². The van der Waals surface area contributed by atoms with Crippen LogP contribution < -0.4 is 9.47 Å². The molecule has 2 atom stereocenters. The molecule has 0 bridgehead atoms. The van der Waals surface area contributed by atoms with Crippen LogP contribution in [0.5, 0.6) is 11.5 Å². The van der Waals surface area contributed by atoms with Crippen LogP contribution in [0.1, 0.15) is 6.42 Å². The number of thioether (sulfide) groups is 1. The van der Waals surface area contributed by atoms with Crippen LogP contribution in [0.2, 0.25) is 0 Å². The number of benzene rings is 1. The minimum atomic E-state index is -0.976. The Labute approximate surface area is 133 Å². The summed E-state index contributed by atoms with van der Waals surface area (Å²) in [6.07, 6.45) is -1.10. The van der Waals surface area contributed by atoms with E-state index in [0.29, 0.717) is 23.1 Å². The zero-order valence-electron chi connectivity index (χ0n) is 12.3. The monoisotopic (exact) mass is 325 g/mol. The first-order chi connectivity index (χ1) is 10.6. The maximum absolute atomic E-state index is 11.0. The number of hydrogen-bond donors (Lipinski definition) is 2. The van der Waals surface area contributed by atoms with Gasteiger partial charge in [0.05, 0.1) is 25.2 Å². The van der Waals surface area contributed by atoms with Gasteiger partial charge in [-0.3, -0.25) is 9.79 Å². The largest absolute Gasteiger partial charge is 0.493 e. The number of nitrogens with zero attached hydrogens (tertiary/aromatic N) is 1. The highest BCUT2D eigenvalue weighted by atomic mass is 32.2. The van der Waals surface area contributed by atoms with Crippen LogP contribution in [0.25, 0.3) is 0 Å². The van der Waals surface area contributed by atoms with Crippen molar-refractivity contribution in [1.29, 1.82) is 0 Å². The molecule has 6 nitrogen and oxygen atoms in total. The lowest BCUT2D eigenvalue weighted by atomic mass is 10.00. The van der Waals surface area contributed by atoms with Gasteiger partial charge in [0.15, 0.2) is 11.5 Å². The topological polar surface area (TPSA) is 88.4 Å². The second-order valence-electron chi connectivity index (χ2n) is 4.83. The van der Waals surface area contributed by atoms with Crippen LogP contribution in [0.15, 0.2) is 29.3 Å². The van der Waals surface area contributed by atoms with Gasteiger partial charge in [-0.05, 0) is 12.1 Å². The summed E-state index contributed by atoms with van der Waals surface area (Å²) in [6.45, 7) is 0.734. The molecule has 1 aliphatic heterocycles. The Kier molecular flexibility index (Phi) is 6.09. The van der Waals surface area contributed by atoms with Crippen molar-refractivity contribution in [2.75, 3.05) is 26.0 Å². The van der Waals surface area contributed by atoms with Gasteiger partial charge < -0.3 is 19.7 Å². The number of aliphatic imine (C=N–C) groups is 1. The molecule has 0 amide bonds. The maximum atomic E-state index is 11.0. The fourth-order valence-electron chi connectivity index (χ4n) is 2.15. The molecule has 0 spiro atoms. The third kappa shape index (κ3) is 4.38. The first-order valence-electron chi connectivity index (χ1n) is 6.94. The lowest BCUT2D eigenvalue weighted by Crippen LogP contribution is -2.33. The van der Waals surface area contributed by atoms with E-state index in [1.165, 1.54) is 18.9 Å². The summed E-state index contributed by atoms with van der Waals surface area (Å²) in [4.78, 5) is 15.2. The second-order valence-corrected chi connectivity index (χ2v) is 5.95. The van der Waals surface area contributed by atoms with Crippen molar-refractivity contribution >= 4 is 22.8 Å². The number of rotatable bonds is 8. The van der Waals surface area contributed by atoms with Gasteiger partial charge in [0.2, 0.25) is 0 Å². The molecule has 1 aromatic rings. The molecule has 1 aliphatic rings. The lowest BCUT2D eigenvalue weighted by molar-refractivity contribution is -0.139. The van der Waals surface area contributed by atoms with Crippen LogP contribution in [-0.4, -0.2) is 53.3 Å². The summed E-state index contributed by atoms with van der Waals surface area (Å²) in [7, 11) is 1.54. The quantitative estimate of drug-likeness (QED) is 0.756. The standard InChI is InChI=1S/C15H19NO5S/c1-20-11-4-2-3-5-12(11)21-9-10(8-13(17)18)14(19)15-16-6-7-22-15/h2-5,10,14,19H,6-9H2,1H3,(H,17,18). The highest BCUT2D eigenvalue weighted by Gasteiger charge is 2.29. The van der Waals surface area contributed by atoms with Crippen molar-refractivity contribution in [2.45, 2.75) is 12.5 Å². The fraction of sp³-hybridized carbons (Fsp3) is 0.467. The zero-order chi connectivity index (χ0) is 15.9. The highest BCUT2D eigenvalue weighted by molar-refractivity contribution is 8.14. The molecule has 0 aromatic heterocycles. The second kappa shape index (κ2) is 8.05.